The first-order chi connectivity index (χ1) is 7.69. The highest BCUT2D eigenvalue weighted by molar-refractivity contribution is 9.09. The first kappa shape index (κ1) is 12.0. The minimum atomic E-state index is 0.384. The fourth-order valence-electron chi connectivity index (χ4n) is 2.37. The molecule has 1 aliphatic carbocycles. The van der Waals surface area contributed by atoms with Crippen molar-refractivity contribution < 1.29 is 4.74 Å². The van der Waals surface area contributed by atoms with Crippen LogP contribution in [0, 0.1) is 11.3 Å². The molecule has 0 N–H and O–H groups in total. The van der Waals surface area contributed by atoms with E-state index in [-0.39, 0.29) is 0 Å². The Kier molecular flexibility index (Phi) is 3.58. The molecule has 0 radical (unpaired) electrons. The van der Waals surface area contributed by atoms with Gasteiger partial charge in [0.25, 0.3) is 0 Å². The molecule has 0 heterocycles. The van der Waals surface area contributed by atoms with E-state index in [4.69, 9.17) is 4.74 Å². The van der Waals surface area contributed by atoms with E-state index in [9.17, 15) is 0 Å². The minimum Gasteiger partial charge on any atom is -0.496 e. The van der Waals surface area contributed by atoms with Gasteiger partial charge in [0.2, 0.25) is 0 Å². The third-order valence-corrected chi connectivity index (χ3v) is 4.94. The van der Waals surface area contributed by atoms with E-state index >= 15 is 0 Å². The lowest BCUT2D eigenvalue weighted by Crippen LogP contribution is -2.24. The zero-order chi connectivity index (χ0) is 11.6. The molecule has 1 aliphatic rings. The van der Waals surface area contributed by atoms with E-state index in [2.05, 4.69) is 41.1 Å². The second kappa shape index (κ2) is 4.79. The van der Waals surface area contributed by atoms with Gasteiger partial charge in [-0.05, 0) is 42.2 Å². The van der Waals surface area contributed by atoms with Crippen molar-refractivity contribution in [3.05, 3.63) is 29.8 Å². The maximum Gasteiger partial charge on any atom is 0.122 e. The first-order valence-corrected chi connectivity index (χ1v) is 6.99. The van der Waals surface area contributed by atoms with Gasteiger partial charge in [-0.25, -0.2) is 0 Å². The first-order valence-electron chi connectivity index (χ1n) is 5.87. The van der Waals surface area contributed by atoms with Crippen molar-refractivity contribution in [2.75, 3.05) is 12.4 Å². The Morgan fingerprint density at radius 3 is 2.62 bits per heavy atom. The number of hydrogen-bond acceptors (Lipinski definition) is 1. The second-order valence-corrected chi connectivity index (χ2v) is 5.61. The van der Waals surface area contributed by atoms with Crippen LogP contribution in [0.2, 0.25) is 0 Å². The van der Waals surface area contributed by atoms with Crippen molar-refractivity contribution in [1.29, 1.82) is 0 Å². The molecule has 88 valence electrons. The van der Waals surface area contributed by atoms with Gasteiger partial charge in [0.1, 0.15) is 5.75 Å². The summed E-state index contributed by atoms with van der Waals surface area (Å²) in [6, 6.07) is 8.36. The Morgan fingerprint density at radius 2 is 2.06 bits per heavy atom. The lowest BCUT2D eigenvalue weighted by atomic mass is 9.81. The number of rotatable bonds is 5. The summed E-state index contributed by atoms with van der Waals surface area (Å²) in [6.45, 7) is 2.38. The molecule has 0 bridgehead atoms. The summed E-state index contributed by atoms with van der Waals surface area (Å²) >= 11 is 3.68. The normalized spacial score (nSPS) is 19.2. The summed E-state index contributed by atoms with van der Waals surface area (Å²) in [5.41, 5.74) is 1.72. The number of methoxy groups -OCH3 is 1. The van der Waals surface area contributed by atoms with Gasteiger partial charge in [-0.1, -0.05) is 41.1 Å². The van der Waals surface area contributed by atoms with E-state index in [1.165, 1.54) is 18.4 Å². The summed E-state index contributed by atoms with van der Waals surface area (Å²) in [5.74, 6) is 1.91. The highest BCUT2D eigenvalue weighted by atomic mass is 79.9. The van der Waals surface area contributed by atoms with Gasteiger partial charge < -0.3 is 4.74 Å². The number of benzene rings is 1. The van der Waals surface area contributed by atoms with Crippen molar-refractivity contribution in [3.8, 4) is 5.75 Å². The lowest BCUT2D eigenvalue weighted by molar-refractivity contribution is 0.311. The summed E-state index contributed by atoms with van der Waals surface area (Å²) in [4.78, 5) is 0. The third-order valence-electron chi connectivity index (χ3n) is 3.66. The van der Waals surface area contributed by atoms with E-state index < -0.39 is 0 Å². The molecular formula is C14H19BrO. The average Bonchev–Trinajstić information content (AvgIpc) is 3.14. The van der Waals surface area contributed by atoms with Crippen molar-refractivity contribution in [2.45, 2.75) is 26.2 Å². The Bertz CT molecular complexity index is 360. The topological polar surface area (TPSA) is 9.23 Å². The van der Waals surface area contributed by atoms with Crippen molar-refractivity contribution >= 4 is 15.9 Å². The van der Waals surface area contributed by atoms with Gasteiger partial charge in [0.05, 0.1) is 7.11 Å². The number of halogens is 1. The van der Waals surface area contributed by atoms with Crippen LogP contribution in [0.25, 0.3) is 0 Å². The molecule has 0 amide bonds. The molecule has 1 nitrogen and oxygen atoms in total. The standard InChI is InChI=1S/C14H19BrO/c1-14(10-15,12-7-8-12)9-11-5-3-4-6-13(11)16-2/h3-6,12H,7-10H2,1-2H3. The fourth-order valence-corrected chi connectivity index (χ4v) is 3.02. The summed E-state index contributed by atoms with van der Waals surface area (Å²) in [6.07, 6.45) is 3.88. The van der Waals surface area contributed by atoms with E-state index in [0.717, 1.165) is 23.4 Å². The number of ether oxygens (including phenoxy) is 1. The third kappa shape index (κ3) is 2.42. The van der Waals surface area contributed by atoms with Crippen LogP contribution in [0.3, 0.4) is 0 Å². The molecule has 1 aromatic carbocycles. The molecule has 2 heteroatoms. The molecule has 0 aromatic heterocycles. The summed E-state index contributed by atoms with van der Waals surface area (Å²) in [5, 5.41) is 1.07. The van der Waals surface area contributed by atoms with Crippen molar-refractivity contribution in [1.82, 2.24) is 0 Å². The molecule has 16 heavy (non-hydrogen) atoms. The molecule has 0 aliphatic heterocycles. The van der Waals surface area contributed by atoms with Gasteiger partial charge in [-0.2, -0.15) is 0 Å². The molecular weight excluding hydrogens is 264 g/mol. The minimum absolute atomic E-state index is 0.384. The summed E-state index contributed by atoms with van der Waals surface area (Å²) < 4.78 is 5.42. The van der Waals surface area contributed by atoms with E-state index in [1.807, 2.05) is 6.07 Å². The van der Waals surface area contributed by atoms with Crippen LogP contribution >= 0.6 is 15.9 Å². The molecule has 0 spiro atoms. The monoisotopic (exact) mass is 282 g/mol. The molecule has 1 aromatic rings. The van der Waals surface area contributed by atoms with Gasteiger partial charge in [0.15, 0.2) is 0 Å². The van der Waals surface area contributed by atoms with Gasteiger partial charge in [-0.15, -0.1) is 0 Å². The SMILES string of the molecule is COc1ccccc1CC(C)(CBr)C1CC1. The zero-order valence-corrected chi connectivity index (χ0v) is 11.6. The Labute approximate surface area is 106 Å². The highest BCUT2D eigenvalue weighted by Gasteiger charge is 2.40. The van der Waals surface area contributed by atoms with Crippen LogP contribution in [0.15, 0.2) is 24.3 Å². The molecule has 2 rings (SSSR count). The van der Waals surface area contributed by atoms with Crippen LogP contribution in [0.1, 0.15) is 25.3 Å². The van der Waals surface area contributed by atoms with Crippen molar-refractivity contribution in [2.24, 2.45) is 11.3 Å². The predicted molar refractivity (Wildman–Crippen MR) is 71.3 cm³/mol. The molecule has 1 atom stereocenters. The number of alkyl halides is 1. The second-order valence-electron chi connectivity index (χ2n) is 5.05. The molecule has 1 unspecified atom stereocenters. The van der Waals surface area contributed by atoms with Crippen LogP contribution < -0.4 is 4.74 Å². The maximum absolute atomic E-state index is 5.42. The summed E-state index contributed by atoms with van der Waals surface area (Å²) in [7, 11) is 1.75. The van der Waals surface area contributed by atoms with E-state index in [1.54, 1.807) is 7.11 Å². The molecule has 1 saturated carbocycles. The van der Waals surface area contributed by atoms with Gasteiger partial charge >= 0.3 is 0 Å². The Hall–Kier alpha value is -0.500. The Balaban J connectivity index is 2.18. The molecule has 1 fully saturated rings. The van der Waals surface area contributed by atoms with Crippen LogP contribution in [-0.4, -0.2) is 12.4 Å². The predicted octanol–water partition coefficient (Wildman–Crippen LogP) is 4.05. The van der Waals surface area contributed by atoms with Crippen LogP contribution in [0.4, 0.5) is 0 Å². The maximum atomic E-state index is 5.42. The largest absolute Gasteiger partial charge is 0.496 e. The van der Waals surface area contributed by atoms with Crippen molar-refractivity contribution in [3.63, 3.8) is 0 Å². The van der Waals surface area contributed by atoms with Gasteiger partial charge in [-0.3, -0.25) is 0 Å². The van der Waals surface area contributed by atoms with Gasteiger partial charge in [0, 0.05) is 5.33 Å². The zero-order valence-electron chi connectivity index (χ0n) is 10.0. The average molecular weight is 283 g/mol. The Morgan fingerprint density at radius 1 is 1.38 bits per heavy atom. The van der Waals surface area contributed by atoms with E-state index in [0.29, 0.717) is 5.41 Å². The highest BCUT2D eigenvalue weighted by Crippen LogP contribution is 2.49. The number of hydrogen-bond donors (Lipinski definition) is 0. The van der Waals surface area contributed by atoms with Crippen LogP contribution in [0.5, 0.6) is 5.75 Å². The van der Waals surface area contributed by atoms with Crippen LogP contribution in [-0.2, 0) is 6.42 Å². The fraction of sp³-hybridized carbons (Fsp3) is 0.571. The quantitative estimate of drug-likeness (QED) is 0.741. The smallest absolute Gasteiger partial charge is 0.122 e. The molecule has 0 saturated heterocycles. The lowest BCUT2D eigenvalue weighted by Gasteiger charge is -2.28. The number of para-hydroxylation sites is 1.